The Morgan fingerprint density at radius 3 is 2.63 bits per heavy atom. The van der Waals surface area contributed by atoms with Crippen LogP contribution in [-0.2, 0) is 6.54 Å². The Labute approximate surface area is 176 Å². The molecule has 4 rings (SSSR count). The molecule has 0 spiro atoms. The van der Waals surface area contributed by atoms with Gasteiger partial charge in [-0.25, -0.2) is 9.07 Å². The zero-order valence-corrected chi connectivity index (χ0v) is 16.9. The minimum atomic E-state index is -0.520. The number of amides is 1. The molecule has 0 aliphatic carbocycles. The first-order valence-electron chi connectivity index (χ1n) is 9.07. The number of aryl methyl sites for hydroxylation is 2. The van der Waals surface area contributed by atoms with Gasteiger partial charge in [0.25, 0.3) is 5.91 Å². The van der Waals surface area contributed by atoms with Crippen molar-refractivity contribution in [3.05, 3.63) is 82.1 Å². The van der Waals surface area contributed by atoms with Gasteiger partial charge in [-0.1, -0.05) is 41.9 Å². The highest BCUT2D eigenvalue weighted by atomic mass is 35.5. The highest BCUT2D eigenvalue weighted by molar-refractivity contribution is 6.33. The molecule has 10 heteroatoms. The van der Waals surface area contributed by atoms with Crippen LogP contribution in [-0.4, -0.2) is 35.9 Å². The summed E-state index contributed by atoms with van der Waals surface area (Å²) in [5, 5.41) is 18.4. The van der Waals surface area contributed by atoms with Gasteiger partial charge in [0.1, 0.15) is 16.7 Å². The van der Waals surface area contributed by atoms with Crippen LogP contribution in [0.1, 0.15) is 27.4 Å². The van der Waals surface area contributed by atoms with Crippen molar-refractivity contribution in [2.24, 2.45) is 0 Å². The van der Waals surface area contributed by atoms with Crippen LogP contribution < -0.4 is 5.32 Å². The number of hydrogen-bond acceptors (Lipinski definition) is 5. The Balaban J connectivity index is 1.60. The third kappa shape index (κ3) is 3.79. The molecule has 0 aliphatic rings. The van der Waals surface area contributed by atoms with E-state index in [2.05, 4.69) is 25.9 Å². The summed E-state index contributed by atoms with van der Waals surface area (Å²) in [5.41, 5.74) is 2.26. The van der Waals surface area contributed by atoms with Gasteiger partial charge in [0.15, 0.2) is 5.82 Å². The van der Waals surface area contributed by atoms with E-state index < -0.39 is 11.7 Å². The maximum Gasteiger partial charge on any atom is 0.260 e. The number of halogens is 2. The number of nitrogens with zero attached hydrogens (tertiary/aromatic N) is 6. The van der Waals surface area contributed by atoms with Gasteiger partial charge in [0.05, 0.1) is 17.8 Å². The van der Waals surface area contributed by atoms with Gasteiger partial charge in [0.2, 0.25) is 0 Å². The minimum Gasteiger partial charge on any atom is -0.322 e. The summed E-state index contributed by atoms with van der Waals surface area (Å²) in [6, 6.07) is 13.8. The Morgan fingerprint density at radius 2 is 1.93 bits per heavy atom. The number of aromatic nitrogens is 6. The second kappa shape index (κ2) is 8.03. The molecule has 8 nitrogen and oxygen atoms in total. The van der Waals surface area contributed by atoms with E-state index in [1.165, 1.54) is 22.9 Å². The van der Waals surface area contributed by atoms with Crippen molar-refractivity contribution in [2.45, 2.75) is 20.4 Å². The minimum absolute atomic E-state index is 0.123. The molecule has 2 aromatic heterocycles. The number of anilines is 1. The van der Waals surface area contributed by atoms with E-state index in [1.54, 1.807) is 18.5 Å². The first kappa shape index (κ1) is 19.7. The van der Waals surface area contributed by atoms with Crippen LogP contribution in [0.5, 0.6) is 0 Å². The molecule has 0 saturated carbocycles. The molecule has 0 saturated heterocycles. The number of nitrogens with one attached hydrogen (secondary N) is 1. The van der Waals surface area contributed by atoms with E-state index in [1.807, 2.05) is 30.3 Å². The molecular formula is C20H17ClFN7O. The fourth-order valence-corrected chi connectivity index (χ4v) is 3.39. The van der Waals surface area contributed by atoms with Crippen molar-refractivity contribution in [1.29, 1.82) is 0 Å². The SMILES string of the molecule is Cc1nn(Cc2ccccc2)c(Cl)c1C(=O)Nc1ccc(F)c(-n2nnnc2C)c1. The average molecular weight is 426 g/mol. The fourth-order valence-electron chi connectivity index (χ4n) is 3.07. The molecule has 30 heavy (non-hydrogen) atoms. The second-order valence-electron chi connectivity index (χ2n) is 6.65. The molecule has 0 atom stereocenters. The van der Waals surface area contributed by atoms with Crippen LogP contribution in [0.25, 0.3) is 5.69 Å². The normalized spacial score (nSPS) is 10.9. The lowest BCUT2D eigenvalue weighted by atomic mass is 10.2. The quantitative estimate of drug-likeness (QED) is 0.528. The summed E-state index contributed by atoms with van der Waals surface area (Å²) in [4.78, 5) is 12.9. The van der Waals surface area contributed by atoms with Crippen LogP contribution >= 0.6 is 11.6 Å². The van der Waals surface area contributed by atoms with Gasteiger partial charge in [-0.3, -0.25) is 4.79 Å². The molecule has 1 amide bonds. The summed E-state index contributed by atoms with van der Waals surface area (Å²) in [5.74, 6) is -0.547. The molecule has 0 unspecified atom stereocenters. The Hall–Kier alpha value is -3.59. The van der Waals surface area contributed by atoms with Crippen LogP contribution in [0.2, 0.25) is 5.15 Å². The lowest BCUT2D eigenvalue weighted by Crippen LogP contribution is -2.14. The zero-order chi connectivity index (χ0) is 21.3. The van der Waals surface area contributed by atoms with Crippen molar-refractivity contribution < 1.29 is 9.18 Å². The Bertz CT molecular complexity index is 1220. The van der Waals surface area contributed by atoms with Crippen LogP contribution in [0, 0.1) is 19.7 Å². The maximum atomic E-state index is 14.2. The molecule has 0 bridgehead atoms. The van der Waals surface area contributed by atoms with E-state index >= 15 is 0 Å². The standard InChI is InChI=1S/C20H17ClFN7O/c1-12-18(19(21)28(25-12)11-14-6-4-3-5-7-14)20(30)23-15-8-9-16(22)17(10-15)29-13(2)24-26-27-29/h3-10H,11H2,1-2H3,(H,23,30). The lowest BCUT2D eigenvalue weighted by molar-refractivity contribution is 0.102. The summed E-state index contributed by atoms with van der Waals surface area (Å²) in [7, 11) is 0. The summed E-state index contributed by atoms with van der Waals surface area (Å²) in [6.07, 6.45) is 0. The molecule has 2 aromatic carbocycles. The van der Waals surface area contributed by atoms with Crippen LogP contribution in [0.3, 0.4) is 0 Å². The molecule has 4 aromatic rings. The predicted octanol–water partition coefficient (Wildman–Crippen LogP) is 3.57. The van der Waals surface area contributed by atoms with E-state index in [4.69, 9.17) is 11.6 Å². The van der Waals surface area contributed by atoms with Gasteiger partial charge in [0, 0.05) is 5.69 Å². The van der Waals surface area contributed by atoms with E-state index in [9.17, 15) is 9.18 Å². The van der Waals surface area contributed by atoms with Gasteiger partial charge in [-0.15, -0.1) is 5.10 Å². The van der Waals surface area contributed by atoms with Crippen molar-refractivity contribution in [2.75, 3.05) is 5.32 Å². The Morgan fingerprint density at radius 1 is 1.17 bits per heavy atom. The van der Waals surface area contributed by atoms with Crippen molar-refractivity contribution in [1.82, 2.24) is 30.0 Å². The first-order valence-corrected chi connectivity index (χ1v) is 9.45. The van der Waals surface area contributed by atoms with Crippen molar-refractivity contribution in [3.8, 4) is 5.69 Å². The summed E-state index contributed by atoms with van der Waals surface area (Å²) >= 11 is 6.45. The average Bonchev–Trinajstić information content (AvgIpc) is 3.26. The lowest BCUT2D eigenvalue weighted by Gasteiger charge is -2.09. The van der Waals surface area contributed by atoms with Gasteiger partial charge >= 0.3 is 0 Å². The number of tetrazole rings is 1. The zero-order valence-electron chi connectivity index (χ0n) is 16.2. The first-order chi connectivity index (χ1) is 14.4. The third-order valence-corrected chi connectivity index (χ3v) is 4.91. The van der Waals surface area contributed by atoms with E-state index in [0.717, 1.165) is 5.56 Å². The Kier molecular flexibility index (Phi) is 5.28. The molecule has 0 aliphatic heterocycles. The molecular weight excluding hydrogens is 409 g/mol. The van der Waals surface area contributed by atoms with Crippen LogP contribution in [0.15, 0.2) is 48.5 Å². The summed E-state index contributed by atoms with van der Waals surface area (Å²) < 4.78 is 17.1. The number of carbonyl (C=O) groups is 1. The highest BCUT2D eigenvalue weighted by Crippen LogP contribution is 2.24. The van der Waals surface area contributed by atoms with Gasteiger partial charge < -0.3 is 5.32 Å². The number of rotatable bonds is 5. The topological polar surface area (TPSA) is 90.5 Å². The molecule has 0 fully saturated rings. The van der Waals surface area contributed by atoms with E-state index in [0.29, 0.717) is 23.8 Å². The van der Waals surface area contributed by atoms with E-state index in [-0.39, 0.29) is 16.4 Å². The van der Waals surface area contributed by atoms with Gasteiger partial charge in [-0.05, 0) is 48.0 Å². The maximum absolute atomic E-state index is 14.2. The number of hydrogen-bond donors (Lipinski definition) is 1. The third-order valence-electron chi connectivity index (χ3n) is 4.53. The molecule has 2 heterocycles. The van der Waals surface area contributed by atoms with Gasteiger partial charge in [-0.2, -0.15) is 9.78 Å². The monoisotopic (exact) mass is 425 g/mol. The molecule has 1 N–H and O–H groups in total. The largest absolute Gasteiger partial charge is 0.322 e. The molecule has 152 valence electrons. The summed E-state index contributed by atoms with van der Waals surface area (Å²) in [6.45, 7) is 3.80. The van der Waals surface area contributed by atoms with Crippen molar-refractivity contribution >= 4 is 23.2 Å². The predicted molar refractivity (Wildman–Crippen MR) is 109 cm³/mol. The molecule has 0 radical (unpaired) electrons. The number of benzene rings is 2. The van der Waals surface area contributed by atoms with Crippen molar-refractivity contribution in [3.63, 3.8) is 0 Å². The van der Waals surface area contributed by atoms with Crippen LogP contribution in [0.4, 0.5) is 10.1 Å². The second-order valence-corrected chi connectivity index (χ2v) is 7.01. The highest BCUT2D eigenvalue weighted by Gasteiger charge is 2.21. The fraction of sp³-hybridized carbons (Fsp3) is 0.150. The smallest absolute Gasteiger partial charge is 0.260 e. The number of carbonyl (C=O) groups excluding carboxylic acids is 1.